The minimum atomic E-state index is 0.468. The van der Waals surface area contributed by atoms with Gasteiger partial charge in [-0.25, -0.2) is 4.98 Å². The van der Waals surface area contributed by atoms with Crippen LogP contribution < -0.4 is 19.5 Å². The van der Waals surface area contributed by atoms with Gasteiger partial charge in [0, 0.05) is 36.1 Å². The molecule has 0 amide bonds. The third-order valence-corrected chi connectivity index (χ3v) is 5.96. The van der Waals surface area contributed by atoms with Gasteiger partial charge in [0.15, 0.2) is 23.0 Å². The van der Waals surface area contributed by atoms with E-state index in [4.69, 9.17) is 14.2 Å². The topological polar surface area (TPSA) is 86.0 Å². The maximum absolute atomic E-state index is 5.98. The zero-order chi connectivity index (χ0) is 24.0. The summed E-state index contributed by atoms with van der Waals surface area (Å²) in [4.78, 5) is 11.6. The Hall–Kier alpha value is -3.85. The highest BCUT2D eigenvalue weighted by Gasteiger charge is 2.14. The fourth-order valence-electron chi connectivity index (χ4n) is 4.22. The van der Waals surface area contributed by atoms with E-state index in [1.165, 1.54) is 12.8 Å². The first-order valence-electron chi connectivity index (χ1n) is 12.0. The number of hydrogen-bond donors (Lipinski definition) is 1. The molecule has 1 aliphatic heterocycles. The second-order valence-electron chi connectivity index (χ2n) is 8.32. The highest BCUT2D eigenvalue weighted by Crippen LogP contribution is 2.31. The van der Waals surface area contributed by atoms with Gasteiger partial charge in [-0.2, -0.15) is 9.50 Å². The summed E-state index contributed by atoms with van der Waals surface area (Å²) in [5, 5.41) is 7.90. The third-order valence-electron chi connectivity index (χ3n) is 5.96. The van der Waals surface area contributed by atoms with Crippen molar-refractivity contribution in [1.29, 1.82) is 0 Å². The summed E-state index contributed by atoms with van der Waals surface area (Å²) in [6, 6.07) is 15.4. The summed E-state index contributed by atoms with van der Waals surface area (Å²) in [6.45, 7) is 6.47. The number of rotatable bonds is 10. The molecule has 0 unspecified atom stereocenters. The van der Waals surface area contributed by atoms with Gasteiger partial charge < -0.3 is 19.5 Å². The number of hydrogen-bond acceptors (Lipinski definition) is 8. The van der Waals surface area contributed by atoms with Gasteiger partial charge >= 0.3 is 0 Å². The molecule has 182 valence electrons. The Morgan fingerprint density at radius 2 is 1.80 bits per heavy atom. The van der Waals surface area contributed by atoms with E-state index in [-0.39, 0.29) is 0 Å². The van der Waals surface area contributed by atoms with Gasteiger partial charge in [-0.1, -0.05) is 0 Å². The smallest absolute Gasteiger partial charge is 0.247 e. The second-order valence-corrected chi connectivity index (χ2v) is 8.32. The lowest BCUT2D eigenvalue weighted by Crippen LogP contribution is -2.25. The predicted molar refractivity (Wildman–Crippen MR) is 135 cm³/mol. The van der Waals surface area contributed by atoms with Crippen molar-refractivity contribution in [2.75, 3.05) is 45.3 Å². The Morgan fingerprint density at radius 1 is 0.971 bits per heavy atom. The van der Waals surface area contributed by atoms with Crippen molar-refractivity contribution in [2.45, 2.75) is 19.8 Å². The molecule has 0 radical (unpaired) electrons. The average molecular weight is 475 g/mol. The molecule has 9 heteroatoms. The van der Waals surface area contributed by atoms with Gasteiger partial charge in [0.2, 0.25) is 5.95 Å². The molecule has 0 aliphatic carbocycles. The number of fused-ring (bicyclic) bond motifs is 1. The quantitative estimate of drug-likeness (QED) is 0.362. The van der Waals surface area contributed by atoms with E-state index in [1.54, 1.807) is 17.8 Å². The highest BCUT2D eigenvalue weighted by atomic mass is 16.5. The van der Waals surface area contributed by atoms with Crippen LogP contribution in [0.25, 0.3) is 17.0 Å². The van der Waals surface area contributed by atoms with E-state index < -0.39 is 0 Å². The van der Waals surface area contributed by atoms with Crippen LogP contribution >= 0.6 is 0 Å². The average Bonchev–Trinajstić information content (AvgIpc) is 3.55. The maximum Gasteiger partial charge on any atom is 0.247 e. The number of anilines is 2. The number of benzene rings is 2. The van der Waals surface area contributed by atoms with Crippen LogP contribution in [-0.2, 0) is 0 Å². The minimum Gasteiger partial charge on any atom is -0.494 e. The van der Waals surface area contributed by atoms with Crippen molar-refractivity contribution in [3.05, 3.63) is 54.7 Å². The Kier molecular flexibility index (Phi) is 6.94. The minimum absolute atomic E-state index is 0.468. The third kappa shape index (κ3) is 5.30. The van der Waals surface area contributed by atoms with Gasteiger partial charge in [-0.15, -0.1) is 5.10 Å². The molecule has 0 saturated carbocycles. The number of methoxy groups -OCH3 is 1. The summed E-state index contributed by atoms with van der Waals surface area (Å²) in [7, 11) is 1.64. The lowest BCUT2D eigenvalue weighted by atomic mass is 10.2. The first kappa shape index (κ1) is 22.9. The monoisotopic (exact) mass is 474 g/mol. The summed E-state index contributed by atoms with van der Waals surface area (Å²) >= 11 is 0. The Labute approximate surface area is 204 Å². The molecule has 0 bridgehead atoms. The first-order chi connectivity index (χ1) is 17.2. The van der Waals surface area contributed by atoms with Crippen LogP contribution in [0, 0.1) is 0 Å². The van der Waals surface area contributed by atoms with E-state index >= 15 is 0 Å². The molecule has 2 aromatic heterocycles. The fraction of sp³-hybridized carbons (Fsp3) is 0.346. The van der Waals surface area contributed by atoms with E-state index in [1.807, 2.05) is 55.5 Å². The number of likely N-dealkylation sites (tertiary alicyclic amines) is 1. The van der Waals surface area contributed by atoms with Crippen LogP contribution in [0.2, 0.25) is 0 Å². The SMILES string of the molecule is CCOc1ccc(-c2nccc3nc(Nc4ccc(OCCN5CCCC5)c(OC)c4)nn23)cc1. The maximum atomic E-state index is 5.98. The Balaban J connectivity index is 1.31. The van der Waals surface area contributed by atoms with Crippen LogP contribution in [-0.4, -0.2) is 64.4 Å². The lowest BCUT2D eigenvalue weighted by Gasteiger charge is -2.16. The van der Waals surface area contributed by atoms with E-state index in [0.29, 0.717) is 36.4 Å². The summed E-state index contributed by atoms with van der Waals surface area (Å²) < 4.78 is 18.8. The molecule has 0 spiro atoms. The molecular formula is C26H30N6O3. The van der Waals surface area contributed by atoms with Crippen LogP contribution in [0.1, 0.15) is 19.8 Å². The number of aromatic nitrogens is 4. The number of nitrogens with one attached hydrogen (secondary N) is 1. The predicted octanol–water partition coefficient (Wildman–Crippen LogP) is 4.42. The van der Waals surface area contributed by atoms with Crippen LogP contribution in [0.15, 0.2) is 54.7 Å². The zero-order valence-corrected chi connectivity index (χ0v) is 20.1. The van der Waals surface area contributed by atoms with Crippen molar-refractivity contribution in [1.82, 2.24) is 24.5 Å². The summed E-state index contributed by atoms with van der Waals surface area (Å²) in [5.74, 6) is 3.38. The van der Waals surface area contributed by atoms with Crippen LogP contribution in [0.4, 0.5) is 11.6 Å². The van der Waals surface area contributed by atoms with Crippen molar-refractivity contribution < 1.29 is 14.2 Å². The van der Waals surface area contributed by atoms with E-state index in [9.17, 15) is 0 Å². The van der Waals surface area contributed by atoms with Gasteiger partial charge in [-0.05, 0) is 69.3 Å². The molecule has 4 aromatic rings. The van der Waals surface area contributed by atoms with Crippen LogP contribution in [0.5, 0.6) is 17.2 Å². The van der Waals surface area contributed by atoms with Gasteiger partial charge in [0.05, 0.1) is 13.7 Å². The number of nitrogens with zero attached hydrogens (tertiary/aromatic N) is 5. The van der Waals surface area contributed by atoms with Crippen LogP contribution in [0.3, 0.4) is 0 Å². The van der Waals surface area contributed by atoms with E-state index in [0.717, 1.165) is 42.4 Å². The van der Waals surface area contributed by atoms with Crippen molar-refractivity contribution in [3.8, 4) is 28.6 Å². The highest BCUT2D eigenvalue weighted by molar-refractivity contribution is 5.63. The molecule has 1 aliphatic rings. The Morgan fingerprint density at radius 3 is 2.57 bits per heavy atom. The molecule has 1 N–H and O–H groups in total. The first-order valence-corrected chi connectivity index (χ1v) is 12.0. The summed E-state index contributed by atoms with van der Waals surface area (Å²) in [5.41, 5.74) is 2.42. The van der Waals surface area contributed by atoms with Gasteiger partial charge in [0.1, 0.15) is 12.4 Å². The normalized spacial score (nSPS) is 13.8. The summed E-state index contributed by atoms with van der Waals surface area (Å²) in [6.07, 6.45) is 4.29. The molecule has 5 rings (SSSR count). The van der Waals surface area contributed by atoms with Crippen molar-refractivity contribution in [2.24, 2.45) is 0 Å². The lowest BCUT2D eigenvalue weighted by molar-refractivity contribution is 0.230. The second kappa shape index (κ2) is 10.6. The molecule has 9 nitrogen and oxygen atoms in total. The molecular weight excluding hydrogens is 444 g/mol. The van der Waals surface area contributed by atoms with Gasteiger partial charge in [-0.3, -0.25) is 4.90 Å². The largest absolute Gasteiger partial charge is 0.494 e. The molecule has 2 aromatic carbocycles. The van der Waals surface area contributed by atoms with Crippen molar-refractivity contribution in [3.63, 3.8) is 0 Å². The fourth-order valence-corrected chi connectivity index (χ4v) is 4.22. The molecule has 35 heavy (non-hydrogen) atoms. The number of ether oxygens (including phenoxy) is 3. The molecule has 0 atom stereocenters. The van der Waals surface area contributed by atoms with Gasteiger partial charge in [0.25, 0.3) is 0 Å². The molecule has 1 fully saturated rings. The Bertz CT molecular complexity index is 1270. The van der Waals surface area contributed by atoms with E-state index in [2.05, 4.69) is 25.3 Å². The van der Waals surface area contributed by atoms with Crippen molar-refractivity contribution >= 4 is 17.3 Å². The zero-order valence-electron chi connectivity index (χ0n) is 20.1. The standard InChI is InChI=1S/C26H30N6O3/c1-3-34-21-9-6-19(7-10-21)25-27-13-12-24-29-26(30-32(24)25)28-20-8-11-22(23(18-20)33-2)35-17-16-31-14-4-5-15-31/h6-13,18H,3-5,14-17H2,1-2H3,(H,28,30). The molecule has 3 heterocycles. The molecule has 1 saturated heterocycles.